The first-order chi connectivity index (χ1) is 20.1. The third kappa shape index (κ3) is 4.99. The third-order valence-corrected chi connectivity index (χ3v) is 12.6. The molecule has 0 spiro atoms. The highest BCUT2D eigenvalue weighted by Gasteiger charge is 2.64. The molecule has 0 aromatic carbocycles. The maximum Gasteiger partial charge on any atom is 0.310 e. The molecule has 43 heavy (non-hydrogen) atoms. The highest BCUT2D eigenvalue weighted by molar-refractivity contribution is 5.80. The fourth-order valence-electron chi connectivity index (χ4n) is 10.6. The van der Waals surface area contributed by atoms with E-state index in [1.807, 2.05) is 0 Å². The number of esters is 3. The lowest BCUT2D eigenvalue weighted by Gasteiger charge is -2.59. The van der Waals surface area contributed by atoms with E-state index in [4.69, 9.17) is 14.2 Å². The van der Waals surface area contributed by atoms with Crippen LogP contribution in [0.5, 0.6) is 0 Å². The Kier molecular flexibility index (Phi) is 7.47. The van der Waals surface area contributed by atoms with E-state index in [0.29, 0.717) is 24.7 Å². The zero-order valence-electron chi connectivity index (χ0n) is 25.9. The van der Waals surface area contributed by atoms with Crippen molar-refractivity contribution in [1.82, 2.24) is 0 Å². The molecule has 240 valence electrons. The van der Waals surface area contributed by atoms with Gasteiger partial charge in [-0.15, -0.1) is 0 Å². The van der Waals surface area contributed by atoms with Crippen LogP contribution in [0.2, 0.25) is 0 Å². The normalized spacial score (nSPS) is 41.4. The average Bonchev–Trinajstić information content (AvgIpc) is 3.54. The number of carboxylic acids is 1. The van der Waals surface area contributed by atoms with Crippen molar-refractivity contribution in [3.8, 4) is 0 Å². The van der Waals surface area contributed by atoms with E-state index in [9.17, 15) is 34.5 Å². The van der Waals surface area contributed by atoms with Crippen molar-refractivity contribution in [2.24, 2.45) is 52.3 Å². The first kappa shape index (κ1) is 30.8. The van der Waals surface area contributed by atoms with Gasteiger partial charge in [-0.05, 0) is 76.0 Å². The van der Waals surface area contributed by atoms with Gasteiger partial charge in [0.2, 0.25) is 0 Å². The summed E-state index contributed by atoms with van der Waals surface area (Å²) >= 11 is 0. The van der Waals surface area contributed by atoms with Gasteiger partial charge >= 0.3 is 23.9 Å². The number of carboxylic acid groups (broad SMARTS) is 1. The molecule has 10 atom stereocenters. The molecular weight excluding hydrogens is 556 g/mol. The fraction of sp³-hybridized carbons (Fsp3) is 0.879. The Bertz CT molecular complexity index is 1160. The molecule has 10 unspecified atom stereocenters. The zero-order chi connectivity index (χ0) is 31.1. The number of aliphatic hydroxyl groups excluding tert-OH is 1. The summed E-state index contributed by atoms with van der Waals surface area (Å²) in [7, 11) is 0. The van der Waals surface area contributed by atoms with Gasteiger partial charge in [0.25, 0.3) is 0 Å². The van der Waals surface area contributed by atoms with E-state index in [1.165, 1.54) is 0 Å². The van der Waals surface area contributed by atoms with E-state index in [1.54, 1.807) is 27.7 Å². The molecule has 10 heteroatoms. The molecule has 0 aromatic heterocycles. The minimum absolute atomic E-state index is 0.0182. The van der Waals surface area contributed by atoms with Gasteiger partial charge in [0.15, 0.2) is 0 Å². The van der Waals surface area contributed by atoms with Gasteiger partial charge in [0.1, 0.15) is 17.8 Å². The van der Waals surface area contributed by atoms with Gasteiger partial charge < -0.3 is 29.5 Å². The second-order valence-corrected chi connectivity index (χ2v) is 15.9. The summed E-state index contributed by atoms with van der Waals surface area (Å²) in [4.78, 5) is 52.7. The van der Waals surface area contributed by atoms with Crippen LogP contribution in [0.3, 0.4) is 0 Å². The Morgan fingerprint density at radius 2 is 1.74 bits per heavy atom. The molecule has 0 aromatic rings. The van der Waals surface area contributed by atoms with E-state index in [2.05, 4.69) is 0 Å². The third-order valence-electron chi connectivity index (χ3n) is 12.6. The van der Waals surface area contributed by atoms with Gasteiger partial charge in [0.05, 0.1) is 28.8 Å². The van der Waals surface area contributed by atoms with Gasteiger partial charge in [-0.25, -0.2) is 0 Å². The zero-order valence-corrected chi connectivity index (χ0v) is 25.9. The molecule has 0 amide bonds. The van der Waals surface area contributed by atoms with Crippen molar-refractivity contribution in [1.29, 1.82) is 0 Å². The molecule has 0 radical (unpaired) electrons. The van der Waals surface area contributed by atoms with E-state index in [0.717, 1.165) is 38.5 Å². The van der Waals surface area contributed by atoms with E-state index < -0.39 is 70.6 Å². The second-order valence-electron chi connectivity index (χ2n) is 15.9. The van der Waals surface area contributed by atoms with Gasteiger partial charge in [-0.3, -0.25) is 19.2 Å². The van der Waals surface area contributed by atoms with Crippen LogP contribution in [0, 0.1) is 52.3 Å². The van der Waals surface area contributed by atoms with Crippen LogP contribution in [0.1, 0.15) is 98.3 Å². The monoisotopic (exact) mass is 604 g/mol. The Morgan fingerprint density at radius 1 is 1.07 bits per heavy atom. The Balaban J connectivity index is 1.22. The molecule has 7 fully saturated rings. The molecule has 1 heterocycles. The molecule has 1 saturated heterocycles. The van der Waals surface area contributed by atoms with Crippen LogP contribution in [-0.4, -0.2) is 69.2 Å². The first-order valence-electron chi connectivity index (χ1n) is 16.3. The van der Waals surface area contributed by atoms with Crippen molar-refractivity contribution in [3.05, 3.63) is 0 Å². The topological polar surface area (TPSA) is 157 Å². The standard InChI is InChI=1S/C33H48O10/c1-5-33(29(38)39,30(3,4)16-34)14-21(27(36)41-24-20-8-22-23(9-20)28(37)42-25(22)24)6-17(2)26(35)43-32-12-18-7-19(13-32)11-31(40,10-18)15-32/h17-25,34,40H,5-16H2,1-4H3,(H,38,39). The molecule has 3 N–H and O–H groups in total. The number of rotatable bonds is 12. The summed E-state index contributed by atoms with van der Waals surface area (Å²) < 4.78 is 17.9. The van der Waals surface area contributed by atoms with Crippen molar-refractivity contribution in [2.45, 2.75) is 122 Å². The first-order valence-corrected chi connectivity index (χ1v) is 16.3. The summed E-state index contributed by atoms with van der Waals surface area (Å²) in [5.74, 6) is -3.49. The van der Waals surface area contributed by atoms with Crippen LogP contribution in [0.4, 0.5) is 0 Å². The highest BCUT2D eigenvalue weighted by Crippen LogP contribution is 2.59. The van der Waals surface area contributed by atoms with Crippen molar-refractivity contribution < 1.29 is 48.7 Å². The maximum atomic E-state index is 14.0. The van der Waals surface area contributed by atoms with E-state index >= 15 is 0 Å². The second kappa shape index (κ2) is 10.4. The molecule has 6 bridgehead atoms. The maximum absolute atomic E-state index is 14.0. The Labute approximate surface area is 253 Å². The minimum atomic E-state index is -1.46. The number of aliphatic carboxylic acids is 1. The lowest BCUT2D eigenvalue weighted by molar-refractivity contribution is -0.222. The smallest absolute Gasteiger partial charge is 0.310 e. The van der Waals surface area contributed by atoms with Crippen molar-refractivity contribution >= 4 is 23.9 Å². The summed E-state index contributed by atoms with van der Waals surface area (Å²) in [6.07, 6.45) is 4.86. The predicted molar refractivity (Wildman–Crippen MR) is 151 cm³/mol. The largest absolute Gasteiger partial charge is 0.481 e. The summed E-state index contributed by atoms with van der Waals surface area (Å²) in [5, 5.41) is 31.8. The molecule has 6 aliphatic carbocycles. The van der Waals surface area contributed by atoms with Crippen LogP contribution < -0.4 is 0 Å². The highest BCUT2D eigenvalue weighted by atomic mass is 16.6. The van der Waals surface area contributed by atoms with Crippen LogP contribution in [0.25, 0.3) is 0 Å². The van der Waals surface area contributed by atoms with Crippen LogP contribution in [-0.2, 0) is 33.4 Å². The molecule has 1 aliphatic heterocycles. The lowest BCUT2D eigenvalue weighted by Crippen LogP contribution is -2.60. The minimum Gasteiger partial charge on any atom is -0.481 e. The van der Waals surface area contributed by atoms with Gasteiger partial charge in [-0.1, -0.05) is 27.7 Å². The summed E-state index contributed by atoms with van der Waals surface area (Å²) in [6.45, 7) is 6.39. The quantitative estimate of drug-likeness (QED) is 0.222. The van der Waals surface area contributed by atoms with Crippen LogP contribution >= 0.6 is 0 Å². The average molecular weight is 605 g/mol. The number of carbonyl (C=O) groups is 4. The number of aliphatic hydroxyl groups is 2. The number of hydrogen-bond donors (Lipinski definition) is 3. The Morgan fingerprint density at radius 3 is 2.33 bits per heavy atom. The van der Waals surface area contributed by atoms with E-state index in [-0.39, 0.29) is 43.0 Å². The number of ether oxygens (including phenoxy) is 3. The summed E-state index contributed by atoms with van der Waals surface area (Å²) in [6, 6.07) is 0. The van der Waals surface area contributed by atoms with Gasteiger partial charge in [0, 0.05) is 30.3 Å². The molecule has 10 nitrogen and oxygen atoms in total. The van der Waals surface area contributed by atoms with Gasteiger partial charge in [-0.2, -0.15) is 0 Å². The number of carbonyl (C=O) groups excluding carboxylic acids is 3. The molecular formula is C33H48O10. The summed E-state index contributed by atoms with van der Waals surface area (Å²) in [5.41, 5.74) is -4.01. The lowest BCUT2D eigenvalue weighted by atomic mass is 9.52. The Hall–Kier alpha value is -2.20. The number of fused-ring (bicyclic) bond motifs is 1. The SMILES string of the molecule is CCC(CC(CC(C)C(=O)OC12CC3CC(CC(O)(C3)C1)C2)C(=O)OC1C2CC3C(=O)OC1C3C2)(C(=O)O)C(C)(C)CO. The number of hydrogen-bond acceptors (Lipinski definition) is 9. The molecule has 6 saturated carbocycles. The van der Waals surface area contributed by atoms with Crippen molar-refractivity contribution in [2.75, 3.05) is 6.61 Å². The van der Waals surface area contributed by atoms with Crippen LogP contribution in [0.15, 0.2) is 0 Å². The molecule has 7 aliphatic rings. The predicted octanol–water partition coefficient (Wildman–Crippen LogP) is 3.64. The van der Waals surface area contributed by atoms with Crippen molar-refractivity contribution in [3.63, 3.8) is 0 Å². The molecule has 7 rings (SSSR count). The fourth-order valence-corrected chi connectivity index (χ4v) is 10.6.